The zero-order valence-electron chi connectivity index (χ0n) is 19.8. The first-order valence-electron chi connectivity index (χ1n) is 12.1. The number of benzene rings is 2. The van der Waals surface area contributed by atoms with E-state index in [1.165, 1.54) is 5.56 Å². The van der Waals surface area contributed by atoms with Crippen LogP contribution in [0.25, 0.3) is 16.9 Å². The van der Waals surface area contributed by atoms with Gasteiger partial charge in [0.2, 0.25) is 0 Å². The Kier molecular flexibility index (Phi) is 5.41. The van der Waals surface area contributed by atoms with Gasteiger partial charge < -0.3 is 13.9 Å². The second kappa shape index (κ2) is 8.87. The Morgan fingerprint density at radius 1 is 0.914 bits per heavy atom. The van der Waals surface area contributed by atoms with Crippen molar-refractivity contribution < 1.29 is 4.79 Å². The van der Waals surface area contributed by atoms with Gasteiger partial charge in [-0.25, -0.2) is 9.97 Å². The summed E-state index contributed by atoms with van der Waals surface area (Å²) in [7, 11) is 0. The van der Waals surface area contributed by atoms with Crippen LogP contribution in [-0.4, -0.2) is 36.3 Å². The number of fused-ring (bicyclic) bond motifs is 2. The van der Waals surface area contributed by atoms with Gasteiger partial charge in [0.25, 0.3) is 5.91 Å². The van der Waals surface area contributed by atoms with Gasteiger partial charge in [0.15, 0.2) is 0 Å². The molecule has 0 N–H and O–H groups in total. The van der Waals surface area contributed by atoms with Gasteiger partial charge in [-0.1, -0.05) is 60.7 Å². The molecule has 3 aromatic heterocycles. The van der Waals surface area contributed by atoms with Gasteiger partial charge in [-0.2, -0.15) is 0 Å². The predicted molar refractivity (Wildman–Crippen MR) is 136 cm³/mol. The Balaban J connectivity index is 1.31. The van der Waals surface area contributed by atoms with Gasteiger partial charge >= 0.3 is 0 Å². The number of hydrogen-bond donors (Lipinski definition) is 0. The first kappa shape index (κ1) is 21.4. The molecule has 0 saturated carbocycles. The van der Waals surface area contributed by atoms with Crippen molar-refractivity contribution in [3.8, 4) is 11.3 Å². The van der Waals surface area contributed by atoms with E-state index in [-0.39, 0.29) is 5.91 Å². The van der Waals surface area contributed by atoms with Crippen LogP contribution >= 0.6 is 0 Å². The van der Waals surface area contributed by atoms with Crippen molar-refractivity contribution in [1.82, 2.24) is 23.8 Å². The third-order valence-corrected chi connectivity index (χ3v) is 6.74. The van der Waals surface area contributed by atoms with Crippen molar-refractivity contribution in [2.24, 2.45) is 0 Å². The summed E-state index contributed by atoms with van der Waals surface area (Å²) >= 11 is 0. The fraction of sp³-hybridized carbons (Fsp3) is 0.207. The van der Waals surface area contributed by atoms with Crippen molar-refractivity contribution in [2.75, 3.05) is 6.54 Å². The van der Waals surface area contributed by atoms with E-state index in [9.17, 15) is 4.79 Å². The van der Waals surface area contributed by atoms with Gasteiger partial charge in [0.1, 0.15) is 17.2 Å². The van der Waals surface area contributed by atoms with E-state index in [0.29, 0.717) is 18.8 Å². The number of amides is 1. The maximum atomic E-state index is 13.4. The highest BCUT2D eigenvalue weighted by molar-refractivity contribution is 5.93. The number of carbonyl (C=O) groups is 1. The molecule has 0 aliphatic carbocycles. The summed E-state index contributed by atoms with van der Waals surface area (Å²) < 4.78 is 4.23. The third kappa shape index (κ3) is 4.12. The first-order chi connectivity index (χ1) is 17.2. The van der Waals surface area contributed by atoms with Crippen LogP contribution in [-0.2, 0) is 25.9 Å². The van der Waals surface area contributed by atoms with E-state index in [1.54, 1.807) is 0 Å². The van der Waals surface area contributed by atoms with Crippen molar-refractivity contribution >= 4 is 11.6 Å². The SMILES string of the molecule is Cc1ccn2cc(C(=O)N3CCn4c(CCc5ccccc5)nc(-c5ccccc5)c4C3)nc2c1. The third-order valence-electron chi connectivity index (χ3n) is 6.74. The molecule has 0 spiro atoms. The molecule has 0 bridgehead atoms. The molecule has 174 valence electrons. The lowest BCUT2D eigenvalue weighted by Crippen LogP contribution is -2.38. The molecule has 1 aliphatic rings. The van der Waals surface area contributed by atoms with E-state index < -0.39 is 0 Å². The second-order valence-corrected chi connectivity index (χ2v) is 9.15. The van der Waals surface area contributed by atoms with Crippen LogP contribution in [0.5, 0.6) is 0 Å². The van der Waals surface area contributed by atoms with Crippen molar-refractivity contribution in [1.29, 1.82) is 0 Å². The van der Waals surface area contributed by atoms with E-state index in [4.69, 9.17) is 4.98 Å². The summed E-state index contributed by atoms with van der Waals surface area (Å²) in [5.41, 5.74) is 6.85. The van der Waals surface area contributed by atoms with Crippen LogP contribution in [0, 0.1) is 6.92 Å². The highest BCUT2D eigenvalue weighted by Gasteiger charge is 2.28. The monoisotopic (exact) mass is 461 g/mol. The number of carbonyl (C=O) groups excluding carboxylic acids is 1. The maximum absolute atomic E-state index is 13.4. The average Bonchev–Trinajstić information content (AvgIpc) is 3.49. The molecule has 0 fully saturated rings. The van der Waals surface area contributed by atoms with Crippen molar-refractivity contribution in [2.45, 2.75) is 32.9 Å². The topological polar surface area (TPSA) is 55.4 Å². The summed E-state index contributed by atoms with van der Waals surface area (Å²) in [5, 5.41) is 0. The summed E-state index contributed by atoms with van der Waals surface area (Å²) in [6, 6.07) is 24.8. The molecule has 6 nitrogen and oxygen atoms in total. The van der Waals surface area contributed by atoms with Crippen LogP contribution in [0.4, 0.5) is 0 Å². The second-order valence-electron chi connectivity index (χ2n) is 9.15. The minimum Gasteiger partial charge on any atom is -0.330 e. The maximum Gasteiger partial charge on any atom is 0.274 e. The standard InChI is InChI=1S/C29H27N5O/c1-21-14-15-32-19-24(30-27(32)18-21)29(35)33-16-17-34-25(20-33)28(23-10-6-3-7-11-23)31-26(34)13-12-22-8-4-2-5-9-22/h2-11,14-15,18-19H,12-13,16-17,20H2,1H3. The quantitative estimate of drug-likeness (QED) is 0.372. The molecule has 0 saturated heterocycles. The Bertz CT molecular complexity index is 1500. The number of imidazole rings is 2. The van der Waals surface area contributed by atoms with Crippen LogP contribution in [0.3, 0.4) is 0 Å². The highest BCUT2D eigenvalue weighted by atomic mass is 16.2. The Morgan fingerprint density at radius 2 is 1.69 bits per heavy atom. The number of aryl methyl sites for hydroxylation is 3. The van der Waals surface area contributed by atoms with Crippen LogP contribution in [0.2, 0.25) is 0 Å². The van der Waals surface area contributed by atoms with E-state index >= 15 is 0 Å². The molecule has 0 unspecified atom stereocenters. The molecule has 35 heavy (non-hydrogen) atoms. The molecule has 0 radical (unpaired) electrons. The molecule has 2 aromatic carbocycles. The summed E-state index contributed by atoms with van der Waals surface area (Å²) in [6.07, 6.45) is 5.58. The lowest BCUT2D eigenvalue weighted by Gasteiger charge is -2.29. The number of aromatic nitrogens is 4. The largest absolute Gasteiger partial charge is 0.330 e. The summed E-state index contributed by atoms with van der Waals surface area (Å²) in [6.45, 7) is 3.93. The number of pyridine rings is 1. The molecule has 1 amide bonds. The van der Waals surface area contributed by atoms with E-state index in [0.717, 1.165) is 53.4 Å². The summed E-state index contributed by atoms with van der Waals surface area (Å²) in [4.78, 5) is 25.0. The van der Waals surface area contributed by atoms with Gasteiger partial charge in [-0.3, -0.25) is 4.79 Å². The Hall–Kier alpha value is -4.19. The van der Waals surface area contributed by atoms with Gasteiger partial charge in [-0.05, 0) is 36.6 Å². The molecule has 0 atom stereocenters. The van der Waals surface area contributed by atoms with Crippen molar-refractivity contribution in [3.63, 3.8) is 0 Å². The molecule has 6 heteroatoms. The first-order valence-corrected chi connectivity index (χ1v) is 12.1. The van der Waals surface area contributed by atoms with E-state index in [1.807, 2.05) is 65.0 Å². The fourth-order valence-electron chi connectivity index (χ4n) is 4.88. The van der Waals surface area contributed by atoms with Gasteiger partial charge in [0, 0.05) is 37.5 Å². The number of rotatable bonds is 5. The molecule has 6 rings (SSSR count). The van der Waals surface area contributed by atoms with Crippen molar-refractivity contribution in [3.05, 3.63) is 114 Å². The average molecular weight is 462 g/mol. The molecule has 1 aliphatic heterocycles. The fourth-order valence-corrected chi connectivity index (χ4v) is 4.88. The zero-order valence-corrected chi connectivity index (χ0v) is 19.8. The number of hydrogen-bond acceptors (Lipinski definition) is 3. The normalized spacial score (nSPS) is 13.2. The lowest BCUT2D eigenvalue weighted by atomic mass is 10.1. The Morgan fingerprint density at radius 3 is 2.49 bits per heavy atom. The van der Waals surface area contributed by atoms with Gasteiger partial charge in [0.05, 0.1) is 17.9 Å². The minimum absolute atomic E-state index is 0.0383. The van der Waals surface area contributed by atoms with Gasteiger partial charge in [-0.15, -0.1) is 0 Å². The van der Waals surface area contributed by atoms with Crippen LogP contribution in [0.15, 0.2) is 85.2 Å². The minimum atomic E-state index is -0.0383. The van der Waals surface area contributed by atoms with Crippen LogP contribution in [0.1, 0.15) is 33.1 Å². The zero-order chi connectivity index (χ0) is 23.8. The number of nitrogens with zero attached hydrogens (tertiary/aromatic N) is 5. The highest BCUT2D eigenvalue weighted by Crippen LogP contribution is 2.29. The molecular formula is C29H27N5O. The molecule has 5 aromatic rings. The predicted octanol–water partition coefficient (Wildman–Crippen LogP) is 4.95. The molecular weight excluding hydrogens is 434 g/mol. The van der Waals surface area contributed by atoms with Crippen LogP contribution < -0.4 is 0 Å². The van der Waals surface area contributed by atoms with E-state index in [2.05, 4.69) is 45.9 Å². The lowest BCUT2D eigenvalue weighted by molar-refractivity contribution is 0.0705. The Labute approximate surface area is 204 Å². The summed E-state index contributed by atoms with van der Waals surface area (Å²) in [5.74, 6) is 1.04. The molecule has 4 heterocycles. The smallest absolute Gasteiger partial charge is 0.274 e.